The molecule has 1 aromatic rings. The molecule has 0 heterocycles. The number of alkyl halides is 3. The lowest BCUT2D eigenvalue weighted by Crippen LogP contribution is -2.19. The molecule has 0 saturated carbocycles. The van der Waals surface area contributed by atoms with Gasteiger partial charge in [0.1, 0.15) is 24.5 Å². The molecule has 4 nitrogen and oxygen atoms in total. The predicted octanol–water partition coefficient (Wildman–Crippen LogP) is 2.65. The molecule has 19 heavy (non-hydrogen) atoms. The second-order valence-electron chi connectivity index (χ2n) is 3.82. The summed E-state index contributed by atoms with van der Waals surface area (Å²) in [5.74, 6) is -1.05. The molecule has 0 saturated heterocycles. The number of aromatic carboxylic acids is 1. The largest absolute Gasteiger partial charge is 0.490 e. The molecule has 1 aromatic carbocycles. The second-order valence-corrected chi connectivity index (χ2v) is 3.82. The molecule has 0 aliphatic rings. The summed E-state index contributed by atoms with van der Waals surface area (Å²) in [7, 11) is 0. The van der Waals surface area contributed by atoms with Crippen LogP contribution in [0.4, 0.5) is 13.2 Å². The quantitative estimate of drug-likeness (QED) is 0.813. The zero-order valence-corrected chi connectivity index (χ0v) is 10.2. The number of halogens is 3. The molecular weight excluding hydrogens is 265 g/mol. The van der Waals surface area contributed by atoms with E-state index in [0.29, 0.717) is 0 Å². The summed E-state index contributed by atoms with van der Waals surface area (Å²) in [6.07, 6.45) is -4.38. The molecular formula is C12H13F3O4. The maximum Gasteiger partial charge on any atom is 0.411 e. The number of carboxylic acid groups (broad SMARTS) is 1. The van der Waals surface area contributed by atoms with Gasteiger partial charge in [-0.2, -0.15) is 13.2 Å². The number of ether oxygens (including phenoxy) is 2. The van der Waals surface area contributed by atoms with E-state index in [0.717, 1.165) is 5.56 Å². The first-order valence-corrected chi connectivity index (χ1v) is 5.41. The molecule has 0 aliphatic carbocycles. The fourth-order valence-electron chi connectivity index (χ4n) is 1.34. The Kier molecular flexibility index (Phi) is 5.17. The monoisotopic (exact) mass is 278 g/mol. The Morgan fingerprint density at radius 1 is 1.32 bits per heavy atom. The molecule has 0 fully saturated rings. The van der Waals surface area contributed by atoms with Crippen LogP contribution in [0.25, 0.3) is 0 Å². The van der Waals surface area contributed by atoms with Gasteiger partial charge in [0.25, 0.3) is 0 Å². The van der Waals surface area contributed by atoms with Crippen molar-refractivity contribution in [2.24, 2.45) is 0 Å². The number of aryl methyl sites for hydroxylation is 1. The van der Waals surface area contributed by atoms with E-state index in [1.807, 2.05) is 0 Å². The zero-order chi connectivity index (χ0) is 14.5. The van der Waals surface area contributed by atoms with Crippen LogP contribution >= 0.6 is 0 Å². The molecule has 0 amide bonds. The third-order valence-corrected chi connectivity index (χ3v) is 2.12. The molecule has 1 N–H and O–H groups in total. The molecule has 0 bridgehead atoms. The Balaban J connectivity index is 2.47. The minimum Gasteiger partial charge on any atom is -0.490 e. The van der Waals surface area contributed by atoms with Crippen molar-refractivity contribution in [1.82, 2.24) is 0 Å². The van der Waals surface area contributed by atoms with Gasteiger partial charge in [0.15, 0.2) is 0 Å². The van der Waals surface area contributed by atoms with Gasteiger partial charge in [0, 0.05) is 0 Å². The van der Waals surface area contributed by atoms with Crippen LogP contribution in [0.15, 0.2) is 18.2 Å². The standard InChI is InChI=1S/C12H13F3O4/c1-8-2-3-10(9(6-8)11(16)17)19-5-4-18-7-12(13,14)15/h2-3,6H,4-5,7H2,1H3,(H,16,17). The topological polar surface area (TPSA) is 55.8 Å². The van der Waals surface area contributed by atoms with Crippen LogP contribution in [-0.2, 0) is 4.74 Å². The Morgan fingerprint density at radius 3 is 2.58 bits per heavy atom. The van der Waals surface area contributed by atoms with E-state index in [-0.39, 0.29) is 24.5 Å². The van der Waals surface area contributed by atoms with E-state index >= 15 is 0 Å². The maximum absolute atomic E-state index is 11.8. The van der Waals surface area contributed by atoms with E-state index in [2.05, 4.69) is 4.74 Å². The van der Waals surface area contributed by atoms with E-state index in [1.54, 1.807) is 13.0 Å². The van der Waals surface area contributed by atoms with Crippen LogP contribution < -0.4 is 4.74 Å². The van der Waals surface area contributed by atoms with Gasteiger partial charge in [-0.15, -0.1) is 0 Å². The van der Waals surface area contributed by atoms with Crippen LogP contribution in [0.3, 0.4) is 0 Å². The Bertz CT molecular complexity index is 443. The highest BCUT2D eigenvalue weighted by molar-refractivity contribution is 5.91. The first-order valence-electron chi connectivity index (χ1n) is 5.41. The van der Waals surface area contributed by atoms with E-state index in [4.69, 9.17) is 9.84 Å². The number of rotatable bonds is 6. The van der Waals surface area contributed by atoms with Crippen molar-refractivity contribution < 1.29 is 32.5 Å². The first kappa shape index (κ1) is 15.3. The number of carbonyl (C=O) groups is 1. The average Bonchev–Trinajstić information content (AvgIpc) is 2.28. The normalized spacial score (nSPS) is 11.4. The van der Waals surface area contributed by atoms with Crippen molar-refractivity contribution in [3.8, 4) is 5.75 Å². The molecule has 0 aromatic heterocycles. The Morgan fingerprint density at radius 2 is 2.00 bits per heavy atom. The summed E-state index contributed by atoms with van der Waals surface area (Å²) in [6.45, 7) is -0.0510. The lowest BCUT2D eigenvalue weighted by atomic mass is 10.1. The van der Waals surface area contributed by atoms with Crippen LogP contribution in [0.1, 0.15) is 15.9 Å². The Labute approximate surface area is 107 Å². The lowest BCUT2D eigenvalue weighted by molar-refractivity contribution is -0.175. The molecule has 0 spiro atoms. The smallest absolute Gasteiger partial charge is 0.411 e. The molecule has 0 radical (unpaired) electrons. The second kappa shape index (κ2) is 6.42. The molecule has 0 aliphatic heterocycles. The zero-order valence-electron chi connectivity index (χ0n) is 10.2. The third kappa shape index (κ3) is 5.60. The van der Waals surface area contributed by atoms with Crippen molar-refractivity contribution in [3.05, 3.63) is 29.3 Å². The van der Waals surface area contributed by atoms with Crippen molar-refractivity contribution in [2.75, 3.05) is 19.8 Å². The fraction of sp³-hybridized carbons (Fsp3) is 0.417. The predicted molar refractivity (Wildman–Crippen MR) is 60.5 cm³/mol. The van der Waals surface area contributed by atoms with E-state index in [9.17, 15) is 18.0 Å². The number of hydrogen-bond acceptors (Lipinski definition) is 3. The summed E-state index contributed by atoms with van der Waals surface area (Å²) in [4.78, 5) is 10.9. The van der Waals surface area contributed by atoms with Gasteiger partial charge >= 0.3 is 12.1 Å². The van der Waals surface area contributed by atoms with Gasteiger partial charge < -0.3 is 14.6 Å². The summed E-state index contributed by atoms with van der Waals surface area (Å²) >= 11 is 0. The molecule has 0 atom stereocenters. The van der Waals surface area contributed by atoms with Crippen LogP contribution in [0, 0.1) is 6.92 Å². The molecule has 7 heteroatoms. The molecule has 0 unspecified atom stereocenters. The summed E-state index contributed by atoms with van der Waals surface area (Å²) in [5, 5.41) is 8.94. The fourth-order valence-corrected chi connectivity index (χ4v) is 1.34. The minimum absolute atomic E-state index is 0.0316. The van der Waals surface area contributed by atoms with Gasteiger partial charge in [-0.25, -0.2) is 4.79 Å². The van der Waals surface area contributed by atoms with Crippen molar-refractivity contribution in [1.29, 1.82) is 0 Å². The highest BCUT2D eigenvalue weighted by atomic mass is 19.4. The average molecular weight is 278 g/mol. The van der Waals surface area contributed by atoms with Gasteiger partial charge in [0.05, 0.1) is 6.61 Å². The Hall–Kier alpha value is -1.76. The van der Waals surface area contributed by atoms with Crippen LogP contribution in [-0.4, -0.2) is 37.1 Å². The van der Waals surface area contributed by atoms with Crippen LogP contribution in [0.2, 0.25) is 0 Å². The van der Waals surface area contributed by atoms with Crippen molar-refractivity contribution >= 4 is 5.97 Å². The highest BCUT2D eigenvalue weighted by Crippen LogP contribution is 2.20. The van der Waals surface area contributed by atoms with Gasteiger partial charge in [-0.1, -0.05) is 11.6 Å². The summed E-state index contributed by atoms with van der Waals surface area (Å²) in [5.41, 5.74) is 0.717. The van der Waals surface area contributed by atoms with Crippen molar-refractivity contribution in [3.63, 3.8) is 0 Å². The first-order chi connectivity index (χ1) is 8.79. The minimum atomic E-state index is -4.38. The van der Waals surface area contributed by atoms with E-state index < -0.39 is 18.8 Å². The van der Waals surface area contributed by atoms with E-state index in [1.165, 1.54) is 12.1 Å². The number of hydrogen-bond donors (Lipinski definition) is 1. The molecule has 1 rings (SSSR count). The lowest BCUT2D eigenvalue weighted by Gasteiger charge is -2.11. The maximum atomic E-state index is 11.8. The number of carboxylic acids is 1. The van der Waals surface area contributed by atoms with Gasteiger partial charge in [-0.3, -0.25) is 0 Å². The third-order valence-electron chi connectivity index (χ3n) is 2.12. The highest BCUT2D eigenvalue weighted by Gasteiger charge is 2.27. The van der Waals surface area contributed by atoms with Crippen molar-refractivity contribution in [2.45, 2.75) is 13.1 Å². The van der Waals surface area contributed by atoms with Gasteiger partial charge in [-0.05, 0) is 19.1 Å². The SMILES string of the molecule is Cc1ccc(OCCOCC(F)(F)F)c(C(=O)O)c1. The van der Waals surface area contributed by atoms with Gasteiger partial charge in [0.2, 0.25) is 0 Å². The summed E-state index contributed by atoms with van der Waals surface area (Å²) in [6, 6.07) is 4.54. The van der Waals surface area contributed by atoms with Crippen LogP contribution in [0.5, 0.6) is 5.75 Å². The molecule has 106 valence electrons. The summed E-state index contributed by atoms with van der Waals surface area (Å²) < 4.78 is 44.8. The number of benzene rings is 1.